The SMILES string of the molecule is Cc1cc(C)n(-c2ccc(CNC(=O)NC3CCCCCC3)cn2)n1. The molecular weight excluding hydrogens is 314 g/mol. The van der Waals surface area contributed by atoms with Gasteiger partial charge in [0.25, 0.3) is 0 Å². The average molecular weight is 341 g/mol. The van der Waals surface area contributed by atoms with Gasteiger partial charge in [-0.15, -0.1) is 0 Å². The highest BCUT2D eigenvalue weighted by Crippen LogP contribution is 2.17. The lowest BCUT2D eigenvalue weighted by Gasteiger charge is -2.16. The Labute approximate surface area is 149 Å². The second kappa shape index (κ2) is 8.14. The molecule has 1 aliphatic carbocycles. The van der Waals surface area contributed by atoms with E-state index in [9.17, 15) is 4.79 Å². The van der Waals surface area contributed by atoms with Gasteiger partial charge in [-0.2, -0.15) is 5.10 Å². The highest BCUT2D eigenvalue weighted by atomic mass is 16.2. The zero-order valence-corrected chi connectivity index (χ0v) is 15.1. The molecule has 0 aliphatic heterocycles. The van der Waals surface area contributed by atoms with Crippen molar-refractivity contribution in [2.75, 3.05) is 0 Å². The summed E-state index contributed by atoms with van der Waals surface area (Å²) >= 11 is 0. The van der Waals surface area contributed by atoms with E-state index in [2.05, 4.69) is 20.7 Å². The number of aromatic nitrogens is 3. The quantitative estimate of drug-likeness (QED) is 0.837. The van der Waals surface area contributed by atoms with Gasteiger partial charge in [0.1, 0.15) is 0 Å². The molecule has 6 heteroatoms. The first-order chi connectivity index (χ1) is 12.1. The molecule has 0 unspecified atom stereocenters. The lowest BCUT2D eigenvalue weighted by atomic mass is 10.1. The van der Waals surface area contributed by atoms with E-state index < -0.39 is 0 Å². The fourth-order valence-corrected chi connectivity index (χ4v) is 3.35. The minimum atomic E-state index is -0.0884. The van der Waals surface area contributed by atoms with E-state index in [4.69, 9.17) is 0 Å². The number of amides is 2. The number of urea groups is 1. The molecule has 6 nitrogen and oxygen atoms in total. The maximum absolute atomic E-state index is 12.1. The van der Waals surface area contributed by atoms with Crippen LogP contribution >= 0.6 is 0 Å². The van der Waals surface area contributed by atoms with Crippen molar-refractivity contribution in [1.29, 1.82) is 0 Å². The van der Waals surface area contributed by atoms with Crippen LogP contribution < -0.4 is 10.6 Å². The molecule has 3 rings (SSSR count). The first-order valence-electron chi connectivity index (χ1n) is 9.15. The number of aryl methyl sites for hydroxylation is 2. The van der Waals surface area contributed by atoms with Gasteiger partial charge in [-0.3, -0.25) is 0 Å². The van der Waals surface area contributed by atoms with Gasteiger partial charge < -0.3 is 10.6 Å². The summed E-state index contributed by atoms with van der Waals surface area (Å²) < 4.78 is 1.82. The number of carbonyl (C=O) groups is 1. The van der Waals surface area contributed by atoms with Crippen molar-refractivity contribution in [3.8, 4) is 5.82 Å². The van der Waals surface area contributed by atoms with E-state index in [0.29, 0.717) is 12.6 Å². The van der Waals surface area contributed by atoms with Gasteiger partial charge in [-0.25, -0.2) is 14.5 Å². The Morgan fingerprint density at radius 1 is 1.20 bits per heavy atom. The summed E-state index contributed by atoms with van der Waals surface area (Å²) in [5, 5.41) is 10.5. The molecule has 2 aromatic heterocycles. The van der Waals surface area contributed by atoms with Crippen molar-refractivity contribution in [1.82, 2.24) is 25.4 Å². The van der Waals surface area contributed by atoms with E-state index in [1.165, 1.54) is 25.7 Å². The number of pyridine rings is 1. The van der Waals surface area contributed by atoms with Crippen LogP contribution in [0.3, 0.4) is 0 Å². The molecule has 2 amide bonds. The molecule has 134 valence electrons. The molecule has 1 fully saturated rings. The summed E-state index contributed by atoms with van der Waals surface area (Å²) in [6, 6.07) is 6.16. The Bertz CT molecular complexity index is 699. The number of carbonyl (C=O) groups excluding carboxylic acids is 1. The third-order valence-electron chi connectivity index (χ3n) is 4.68. The number of hydrogen-bond acceptors (Lipinski definition) is 3. The van der Waals surface area contributed by atoms with Crippen LogP contribution in [0, 0.1) is 13.8 Å². The minimum Gasteiger partial charge on any atom is -0.335 e. The predicted octanol–water partition coefficient (Wildman–Crippen LogP) is 3.41. The normalized spacial score (nSPS) is 15.6. The number of nitrogens with zero attached hydrogens (tertiary/aromatic N) is 3. The average Bonchev–Trinajstić information content (AvgIpc) is 2.79. The third kappa shape index (κ3) is 4.81. The second-order valence-electron chi connectivity index (χ2n) is 6.88. The van der Waals surface area contributed by atoms with Crippen LogP contribution in [0.15, 0.2) is 24.4 Å². The summed E-state index contributed by atoms with van der Waals surface area (Å²) in [7, 11) is 0. The maximum Gasteiger partial charge on any atom is 0.315 e. The molecular formula is C19H27N5O. The molecule has 25 heavy (non-hydrogen) atoms. The van der Waals surface area contributed by atoms with Crippen molar-refractivity contribution in [2.45, 2.75) is 65.0 Å². The maximum atomic E-state index is 12.1. The number of nitrogens with one attached hydrogen (secondary N) is 2. The molecule has 0 bridgehead atoms. The topological polar surface area (TPSA) is 71.8 Å². The molecule has 1 aliphatic rings. The van der Waals surface area contributed by atoms with Crippen molar-refractivity contribution >= 4 is 6.03 Å². The van der Waals surface area contributed by atoms with Crippen molar-refractivity contribution in [3.63, 3.8) is 0 Å². The monoisotopic (exact) mass is 341 g/mol. The fourth-order valence-electron chi connectivity index (χ4n) is 3.35. The van der Waals surface area contributed by atoms with Gasteiger partial charge in [0.15, 0.2) is 5.82 Å². The smallest absolute Gasteiger partial charge is 0.315 e. The molecule has 2 N–H and O–H groups in total. The predicted molar refractivity (Wildman–Crippen MR) is 97.7 cm³/mol. The fraction of sp³-hybridized carbons (Fsp3) is 0.526. The van der Waals surface area contributed by atoms with Crippen molar-refractivity contribution in [2.24, 2.45) is 0 Å². The van der Waals surface area contributed by atoms with Gasteiger partial charge in [-0.05, 0) is 44.4 Å². The molecule has 2 aromatic rings. The van der Waals surface area contributed by atoms with Crippen LogP contribution in [0.4, 0.5) is 4.79 Å². The molecule has 0 radical (unpaired) electrons. The van der Waals surface area contributed by atoms with E-state index in [-0.39, 0.29) is 6.03 Å². The van der Waals surface area contributed by atoms with E-state index in [1.54, 1.807) is 6.20 Å². The first-order valence-corrected chi connectivity index (χ1v) is 9.15. The van der Waals surface area contributed by atoms with E-state index >= 15 is 0 Å². The van der Waals surface area contributed by atoms with Gasteiger partial charge >= 0.3 is 6.03 Å². The van der Waals surface area contributed by atoms with Crippen LogP contribution in [-0.2, 0) is 6.54 Å². The molecule has 0 aromatic carbocycles. The molecule has 0 spiro atoms. The highest BCUT2D eigenvalue weighted by Gasteiger charge is 2.14. The molecule has 0 atom stereocenters. The van der Waals surface area contributed by atoms with E-state index in [1.807, 2.05) is 36.7 Å². The summed E-state index contributed by atoms with van der Waals surface area (Å²) in [4.78, 5) is 16.5. The Kier molecular flexibility index (Phi) is 5.68. The molecule has 2 heterocycles. The van der Waals surface area contributed by atoms with Crippen molar-refractivity contribution in [3.05, 3.63) is 41.3 Å². The molecule has 0 saturated heterocycles. The summed E-state index contributed by atoms with van der Waals surface area (Å²) in [6.07, 6.45) is 8.96. The van der Waals surface area contributed by atoms with Crippen LogP contribution in [-0.4, -0.2) is 26.8 Å². The van der Waals surface area contributed by atoms with Gasteiger partial charge in [-0.1, -0.05) is 31.7 Å². The summed E-state index contributed by atoms with van der Waals surface area (Å²) in [5.41, 5.74) is 3.00. The van der Waals surface area contributed by atoms with E-state index in [0.717, 1.165) is 35.6 Å². The van der Waals surface area contributed by atoms with Gasteiger partial charge in [0.2, 0.25) is 0 Å². The Balaban J connectivity index is 1.51. The van der Waals surface area contributed by atoms with Crippen molar-refractivity contribution < 1.29 is 4.79 Å². The zero-order valence-electron chi connectivity index (χ0n) is 15.1. The standard InChI is InChI=1S/C19H27N5O/c1-14-11-15(2)24(23-14)18-10-9-16(12-20-18)13-21-19(25)22-17-7-5-3-4-6-8-17/h9-12,17H,3-8,13H2,1-2H3,(H2,21,22,25). The van der Waals surface area contributed by atoms with Crippen LogP contribution in [0.25, 0.3) is 5.82 Å². The Hall–Kier alpha value is -2.37. The molecule has 1 saturated carbocycles. The van der Waals surface area contributed by atoms with Gasteiger partial charge in [0.05, 0.1) is 5.69 Å². The lowest BCUT2D eigenvalue weighted by Crippen LogP contribution is -2.41. The second-order valence-corrected chi connectivity index (χ2v) is 6.88. The zero-order chi connectivity index (χ0) is 17.6. The minimum absolute atomic E-state index is 0.0884. The highest BCUT2D eigenvalue weighted by molar-refractivity contribution is 5.74. The Morgan fingerprint density at radius 3 is 2.56 bits per heavy atom. The summed E-state index contributed by atoms with van der Waals surface area (Å²) in [5.74, 6) is 0.789. The number of rotatable bonds is 4. The lowest BCUT2D eigenvalue weighted by molar-refractivity contribution is 0.235. The third-order valence-corrected chi connectivity index (χ3v) is 4.68. The Morgan fingerprint density at radius 2 is 1.96 bits per heavy atom. The van der Waals surface area contributed by atoms with Crippen LogP contribution in [0.2, 0.25) is 0 Å². The first kappa shape index (κ1) is 17.5. The van der Waals surface area contributed by atoms with Crippen LogP contribution in [0.1, 0.15) is 55.5 Å². The number of hydrogen-bond donors (Lipinski definition) is 2. The van der Waals surface area contributed by atoms with Gasteiger partial charge in [0, 0.05) is 24.5 Å². The summed E-state index contributed by atoms with van der Waals surface area (Å²) in [6.45, 7) is 4.45. The largest absolute Gasteiger partial charge is 0.335 e. The van der Waals surface area contributed by atoms with Crippen LogP contribution in [0.5, 0.6) is 0 Å².